The summed E-state index contributed by atoms with van der Waals surface area (Å²) in [5.41, 5.74) is -0.0819. The van der Waals surface area contributed by atoms with Crippen molar-refractivity contribution >= 4 is 40.6 Å². The number of halogens is 3. The molecule has 4 aliphatic rings. The highest BCUT2D eigenvalue weighted by Gasteiger charge is 2.72. The standard InChI is InChI=1S/C31H36Cl2FN3O2/c32-20-12-13-22-24(19-20)35-29(39)31(22)26(21-9-7-10-23(33)27(21)34)28(36-30(31)14-3-1-4-15-30)25(38)11-8-18-37-16-5-2-6-17-37/h7,9-10,12-13,19,26,28,36H,1-6,8,11,14-18H2,(H,35,39)/t26-,28-,31+/m0/s1. The van der Waals surface area contributed by atoms with Crippen LogP contribution < -0.4 is 10.6 Å². The summed E-state index contributed by atoms with van der Waals surface area (Å²) in [5.74, 6) is -1.45. The van der Waals surface area contributed by atoms with E-state index in [-0.39, 0.29) is 16.7 Å². The van der Waals surface area contributed by atoms with Crippen LogP contribution in [0, 0.1) is 5.82 Å². The largest absolute Gasteiger partial charge is 0.325 e. The van der Waals surface area contributed by atoms with Crippen LogP contribution in [0.1, 0.15) is 81.3 Å². The first-order chi connectivity index (χ1) is 18.9. The Morgan fingerprint density at radius 3 is 2.54 bits per heavy atom. The summed E-state index contributed by atoms with van der Waals surface area (Å²) < 4.78 is 15.9. The van der Waals surface area contributed by atoms with Crippen LogP contribution in [0.15, 0.2) is 36.4 Å². The third-order valence-corrected chi connectivity index (χ3v) is 10.2. The smallest absolute Gasteiger partial charge is 0.237 e. The lowest BCUT2D eigenvalue weighted by molar-refractivity contribution is -0.124. The number of fused-ring (bicyclic) bond motifs is 3. The van der Waals surface area contributed by atoms with Gasteiger partial charge in [-0.2, -0.15) is 0 Å². The minimum atomic E-state index is -1.16. The molecule has 2 N–H and O–H groups in total. The number of anilines is 1. The number of carbonyl (C=O) groups excluding carboxylic acids is 2. The maximum absolute atomic E-state index is 15.9. The van der Waals surface area contributed by atoms with Gasteiger partial charge in [0.05, 0.1) is 11.1 Å². The number of benzene rings is 2. The van der Waals surface area contributed by atoms with Gasteiger partial charge in [-0.25, -0.2) is 4.39 Å². The van der Waals surface area contributed by atoms with Gasteiger partial charge in [0.15, 0.2) is 0 Å². The van der Waals surface area contributed by atoms with Crippen molar-refractivity contribution in [2.75, 3.05) is 25.0 Å². The van der Waals surface area contributed by atoms with Crippen LogP contribution in [0.4, 0.5) is 10.1 Å². The molecule has 2 spiro atoms. The molecule has 6 rings (SSSR count). The Balaban J connectivity index is 1.45. The lowest BCUT2D eigenvalue weighted by Crippen LogP contribution is -2.60. The summed E-state index contributed by atoms with van der Waals surface area (Å²) in [6, 6.07) is 9.68. The monoisotopic (exact) mass is 571 g/mol. The summed E-state index contributed by atoms with van der Waals surface area (Å²) in [6.07, 6.45) is 9.23. The maximum Gasteiger partial charge on any atom is 0.237 e. The van der Waals surface area contributed by atoms with Gasteiger partial charge in [-0.1, -0.05) is 67.1 Å². The molecule has 2 saturated heterocycles. The number of Topliss-reactive ketones (excluding diaryl/α,β-unsaturated/α-hetero) is 1. The fraction of sp³-hybridized carbons (Fsp3) is 0.548. The van der Waals surface area contributed by atoms with Gasteiger partial charge in [0.1, 0.15) is 17.0 Å². The van der Waals surface area contributed by atoms with Gasteiger partial charge >= 0.3 is 0 Å². The summed E-state index contributed by atoms with van der Waals surface area (Å²) >= 11 is 12.7. The molecule has 0 unspecified atom stereocenters. The second-order valence-electron chi connectivity index (χ2n) is 11.8. The van der Waals surface area contributed by atoms with Crippen LogP contribution in [0.5, 0.6) is 0 Å². The van der Waals surface area contributed by atoms with Gasteiger partial charge in [0.2, 0.25) is 5.91 Å². The van der Waals surface area contributed by atoms with Gasteiger partial charge in [0, 0.05) is 28.6 Å². The lowest BCUT2D eigenvalue weighted by Gasteiger charge is -2.47. The van der Waals surface area contributed by atoms with Crippen LogP contribution in [-0.4, -0.2) is 47.8 Å². The van der Waals surface area contributed by atoms with Crippen molar-refractivity contribution in [2.24, 2.45) is 0 Å². The molecule has 0 aromatic heterocycles. The molecule has 208 valence electrons. The Kier molecular flexibility index (Phi) is 7.51. The van der Waals surface area contributed by atoms with E-state index in [1.165, 1.54) is 25.3 Å². The number of nitrogens with one attached hydrogen (secondary N) is 2. The number of likely N-dealkylation sites (tertiary alicyclic amines) is 1. The van der Waals surface area contributed by atoms with E-state index >= 15 is 4.39 Å². The molecule has 8 heteroatoms. The van der Waals surface area contributed by atoms with E-state index < -0.39 is 28.7 Å². The van der Waals surface area contributed by atoms with Crippen molar-refractivity contribution in [3.05, 3.63) is 63.4 Å². The number of ketones is 1. The third-order valence-electron chi connectivity index (χ3n) is 9.72. The van der Waals surface area contributed by atoms with Crippen molar-refractivity contribution in [1.82, 2.24) is 10.2 Å². The van der Waals surface area contributed by atoms with Crippen molar-refractivity contribution < 1.29 is 14.0 Å². The van der Waals surface area contributed by atoms with E-state index in [0.29, 0.717) is 22.7 Å². The first-order valence-corrected chi connectivity index (χ1v) is 15.2. The van der Waals surface area contributed by atoms with Gasteiger partial charge in [0.25, 0.3) is 0 Å². The van der Waals surface area contributed by atoms with E-state index in [9.17, 15) is 9.59 Å². The predicted molar refractivity (Wildman–Crippen MR) is 153 cm³/mol. The van der Waals surface area contributed by atoms with E-state index in [4.69, 9.17) is 23.2 Å². The molecule has 3 heterocycles. The SMILES string of the molecule is O=C(CCCN1CCCCC1)[C@@H]1NC2(CCCCC2)[C@@]2(C(=O)Nc3cc(Cl)ccc32)[C@H]1c1cccc(Cl)c1F. The average molecular weight is 573 g/mol. The minimum absolute atomic E-state index is 0.00160. The third kappa shape index (κ3) is 4.43. The van der Waals surface area contributed by atoms with E-state index in [1.807, 2.05) is 6.07 Å². The number of hydrogen-bond donors (Lipinski definition) is 2. The number of piperidine rings is 1. The zero-order valence-electron chi connectivity index (χ0n) is 22.2. The topological polar surface area (TPSA) is 61.4 Å². The summed E-state index contributed by atoms with van der Waals surface area (Å²) in [5, 5.41) is 7.34. The van der Waals surface area contributed by atoms with Crippen molar-refractivity contribution in [3.8, 4) is 0 Å². The van der Waals surface area contributed by atoms with E-state index in [1.54, 1.807) is 24.3 Å². The predicted octanol–water partition coefficient (Wildman–Crippen LogP) is 6.62. The minimum Gasteiger partial charge on any atom is -0.325 e. The number of amides is 1. The van der Waals surface area contributed by atoms with Gasteiger partial charge in [-0.15, -0.1) is 0 Å². The number of carbonyl (C=O) groups is 2. The normalized spacial score (nSPS) is 28.1. The van der Waals surface area contributed by atoms with Crippen LogP contribution in [0.2, 0.25) is 10.0 Å². The van der Waals surface area contributed by atoms with Crippen LogP contribution in [-0.2, 0) is 15.0 Å². The molecule has 5 nitrogen and oxygen atoms in total. The van der Waals surface area contributed by atoms with Crippen LogP contribution in [0.3, 0.4) is 0 Å². The summed E-state index contributed by atoms with van der Waals surface area (Å²) in [6.45, 7) is 3.04. The molecule has 1 aliphatic carbocycles. The fourth-order valence-electron chi connectivity index (χ4n) is 8.08. The van der Waals surface area contributed by atoms with Crippen molar-refractivity contribution in [2.45, 2.75) is 87.1 Å². The molecule has 39 heavy (non-hydrogen) atoms. The molecule has 3 atom stereocenters. The average Bonchev–Trinajstić information content (AvgIpc) is 3.38. The number of hydrogen-bond acceptors (Lipinski definition) is 4. The maximum atomic E-state index is 15.9. The zero-order chi connectivity index (χ0) is 27.2. The molecule has 2 aromatic rings. The van der Waals surface area contributed by atoms with Crippen LogP contribution in [0.25, 0.3) is 0 Å². The quantitative estimate of drug-likeness (QED) is 0.409. The lowest BCUT2D eigenvalue weighted by atomic mass is 9.55. The van der Waals surface area contributed by atoms with Gasteiger partial charge < -0.3 is 10.2 Å². The molecule has 0 bridgehead atoms. The Labute approximate surface area is 239 Å². The summed E-state index contributed by atoms with van der Waals surface area (Å²) in [7, 11) is 0. The molecule has 0 radical (unpaired) electrons. The van der Waals surface area contributed by atoms with E-state index in [0.717, 1.165) is 63.7 Å². The zero-order valence-corrected chi connectivity index (χ0v) is 23.7. The van der Waals surface area contributed by atoms with Gasteiger partial charge in [-0.3, -0.25) is 14.9 Å². The Morgan fingerprint density at radius 1 is 1.03 bits per heavy atom. The fourth-order valence-corrected chi connectivity index (χ4v) is 8.44. The second-order valence-corrected chi connectivity index (χ2v) is 12.7. The van der Waals surface area contributed by atoms with Gasteiger partial charge in [-0.05, 0) is 81.1 Å². The first-order valence-electron chi connectivity index (χ1n) is 14.5. The highest BCUT2D eigenvalue weighted by atomic mass is 35.5. The molecule has 2 aromatic carbocycles. The highest BCUT2D eigenvalue weighted by Crippen LogP contribution is 2.63. The van der Waals surface area contributed by atoms with Crippen molar-refractivity contribution in [3.63, 3.8) is 0 Å². The molecular weight excluding hydrogens is 536 g/mol. The second kappa shape index (κ2) is 10.8. The molecule has 3 aliphatic heterocycles. The Morgan fingerprint density at radius 2 is 1.77 bits per heavy atom. The molecule has 1 amide bonds. The van der Waals surface area contributed by atoms with Crippen LogP contribution >= 0.6 is 23.2 Å². The van der Waals surface area contributed by atoms with E-state index in [2.05, 4.69) is 15.5 Å². The molecular formula is C31H36Cl2FN3O2. The number of rotatable bonds is 6. The first kappa shape index (κ1) is 27.2. The Hall–Kier alpha value is -1.99. The van der Waals surface area contributed by atoms with Crippen molar-refractivity contribution in [1.29, 1.82) is 0 Å². The Bertz CT molecular complexity index is 1270. The molecule has 1 saturated carbocycles. The molecule has 3 fully saturated rings. The highest BCUT2D eigenvalue weighted by molar-refractivity contribution is 6.31. The number of nitrogens with zero attached hydrogens (tertiary/aromatic N) is 1. The summed E-state index contributed by atoms with van der Waals surface area (Å²) in [4.78, 5) is 30.9.